The van der Waals surface area contributed by atoms with Crippen LogP contribution in [0.4, 0.5) is 0 Å². The third kappa shape index (κ3) is 6.29. The average molecular weight is 451 g/mol. The van der Waals surface area contributed by atoms with Crippen LogP contribution in [0.3, 0.4) is 0 Å². The van der Waals surface area contributed by atoms with E-state index in [1.807, 2.05) is 74.5 Å². The van der Waals surface area contributed by atoms with Crippen LogP contribution in [0.5, 0.6) is 5.75 Å². The van der Waals surface area contributed by atoms with E-state index in [4.69, 9.17) is 4.74 Å². The fraction of sp³-hybridized carbons (Fsp3) is 0.167. The third-order valence-corrected chi connectivity index (χ3v) is 5.06. The predicted molar refractivity (Wildman–Crippen MR) is 120 cm³/mol. The standard InChI is InChI=1S/C24H23BrN2O2/c1-17-8-10-21(18(2)12-17)14-24(28)27-26-15-20-9-11-23(22(25)13-20)29-16-19-6-4-3-5-7-19/h3-13,15H,14,16H2,1-2H3,(H,27,28)/b26-15-. The first-order valence-corrected chi connectivity index (χ1v) is 10.1. The van der Waals surface area contributed by atoms with Crippen molar-refractivity contribution in [3.05, 3.63) is 99.0 Å². The summed E-state index contributed by atoms with van der Waals surface area (Å²) in [6, 6.07) is 21.8. The van der Waals surface area contributed by atoms with Crippen LogP contribution in [0.2, 0.25) is 0 Å². The lowest BCUT2D eigenvalue weighted by atomic mass is 10.0. The molecule has 0 aliphatic heterocycles. The molecule has 0 aromatic heterocycles. The zero-order valence-electron chi connectivity index (χ0n) is 16.5. The molecule has 1 amide bonds. The van der Waals surface area contributed by atoms with Crippen molar-refractivity contribution in [3.63, 3.8) is 0 Å². The fourth-order valence-electron chi connectivity index (χ4n) is 2.89. The van der Waals surface area contributed by atoms with E-state index in [-0.39, 0.29) is 5.91 Å². The molecular formula is C24H23BrN2O2. The van der Waals surface area contributed by atoms with Crippen LogP contribution < -0.4 is 10.2 Å². The Kier molecular flexibility index (Phi) is 7.19. The summed E-state index contributed by atoms with van der Waals surface area (Å²) in [5.74, 6) is 0.611. The number of nitrogens with zero attached hydrogens (tertiary/aromatic N) is 1. The molecule has 5 heteroatoms. The van der Waals surface area contributed by atoms with Gasteiger partial charge in [-0.25, -0.2) is 5.43 Å². The Morgan fingerprint density at radius 3 is 2.59 bits per heavy atom. The maximum atomic E-state index is 12.1. The number of amides is 1. The second-order valence-corrected chi connectivity index (χ2v) is 7.72. The van der Waals surface area contributed by atoms with E-state index in [1.165, 1.54) is 5.56 Å². The van der Waals surface area contributed by atoms with E-state index < -0.39 is 0 Å². The first kappa shape index (κ1) is 20.8. The maximum absolute atomic E-state index is 12.1. The van der Waals surface area contributed by atoms with E-state index in [0.717, 1.165) is 32.5 Å². The van der Waals surface area contributed by atoms with Crippen LogP contribution in [-0.4, -0.2) is 12.1 Å². The Hall–Kier alpha value is -2.92. The smallest absolute Gasteiger partial charge is 0.244 e. The molecule has 0 radical (unpaired) electrons. The summed E-state index contributed by atoms with van der Waals surface area (Å²) in [6.07, 6.45) is 1.92. The number of nitrogens with one attached hydrogen (secondary N) is 1. The van der Waals surface area contributed by atoms with Gasteiger partial charge in [0.05, 0.1) is 17.1 Å². The van der Waals surface area contributed by atoms with Crippen molar-refractivity contribution in [1.29, 1.82) is 0 Å². The zero-order chi connectivity index (χ0) is 20.6. The van der Waals surface area contributed by atoms with E-state index >= 15 is 0 Å². The Balaban J connectivity index is 1.53. The number of aryl methyl sites for hydroxylation is 2. The number of carbonyl (C=O) groups is 1. The quantitative estimate of drug-likeness (QED) is 0.390. The molecule has 0 heterocycles. The van der Waals surface area contributed by atoms with Crippen molar-refractivity contribution < 1.29 is 9.53 Å². The number of carbonyl (C=O) groups excluding carboxylic acids is 1. The number of hydrogen-bond acceptors (Lipinski definition) is 3. The highest BCUT2D eigenvalue weighted by Gasteiger charge is 2.06. The summed E-state index contributed by atoms with van der Waals surface area (Å²) in [5.41, 5.74) is 7.85. The van der Waals surface area contributed by atoms with E-state index in [1.54, 1.807) is 6.21 Å². The molecule has 3 aromatic carbocycles. The largest absolute Gasteiger partial charge is 0.488 e. The molecule has 0 bridgehead atoms. The molecule has 0 aliphatic rings. The highest BCUT2D eigenvalue weighted by Crippen LogP contribution is 2.26. The Morgan fingerprint density at radius 1 is 1.07 bits per heavy atom. The van der Waals surface area contributed by atoms with Gasteiger partial charge in [0.1, 0.15) is 12.4 Å². The molecule has 29 heavy (non-hydrogen) atoms. The normalized spacial score (nSPS) is 10.9. The molecule has 0 unspecified atom stereocenters. The lowest BCUT2D eigenvalue weighted by Crippen LogP contribution is -2.20. The average Bonchev–Trinajstić information content (AvgIpc) is 2.70. The lowest BCUT2D eigenvalue weighted by Gasteiger charge is -2.09. The van der Waals surface area contributed by atoms with Crippen LogP contribution in [0, 0.1) is 13.8 Å². The first-order chi connectivity index (χ1) is 14.0. The number of benzene rings is 3. The van der Waals surface area contributed by atoms with Crippen LogP contribution >= 0.6 is 15.9 Å². The highest BCUT2D eigenvalue weighted by molar-refractivity contribution is 9.10. The van der Waals surface area contributed by atoms with Crippen LogP contribution in [-0.2, 0) is 17.8 Å². The minimum Gasteiger partial charge on any atom is -0.488 e. The number of ether oxygens (including phenoxy) is 1. The Bertz CT molecular complexity index is 1020. The van der Waals surface area contributed by atoms with Gasteiger partial charge in [-0.2, -0.15) is 5.10 Å². The van der Waals surface area contributed by atoms with E-state index in [2.05, 4.69) is 32.5 Å². The van der Waals surface area contributed by atoms with Gasteiger partial charge in [-0.1, -0.05) is 54.1 Å². The summed E-state index contributed by atoms with van der Waals surface area (Å²) in [7, 11) is 0. The zero-order valence-corrected chi connectivity index (χ0v) is 18.1. The topological polar surface area (TPSA) is 50.7 Å². The van der Waals surface area contributed by atoms with Gasteiger partial charge in [-0.3, -0.25) is 4.79 Å². The van der Waals surface area contributed by atoms with Crippen molar-refractivity contribution in [3.8, 4) is 5.75 Å². The van der Waals surface area contributed by atoms with Crippen LogP contribution in [0.25, 0.3) is 0 Å². The van der Waals surface area contributed by atoms with Crippen LogP contribution in [0.1, 0.15) is 27.8 Å². The molecule has 3 rings (SSSR count). The minimum atomic E-state index is -0.143. The van der Waals surface area contributed by atoms with Gasteiger partial charge < -0.3 is 4.74 Å². The van der Waals surface area contributed by atoms with Gasteiger partial charge in [-0.15, -0.1) is 0 Å². The van der Waals surface area contributed by atoms with Gasteiger partial charge in [-0.05, 0) is 70.2 Å². The number of hydrogen-bond donors (Lipinski definition) is 1. The molecule has 148 valence electrons. The minimum absolute atomic E-state index is 0.143. The van der Waals surface area contributed by atoms with Crippen LogP contribution in [0.15, 0.2) is 76.3 Å². The summed E-state index contributed by atoms with van der Waals surface area (Å²) >= 11 is 3.53. The number of halogens is 1. The molecule has 0 spiro atoms. The van der Waals surface area contributed by atoms with Crippen molar-refractivity contribution in [1.82, 2.24) is 5.43 Å². The second-order valence-electron chi connectivity index (χ2n) is 6.86. The van der Waals surface area contributed by atoms with E-state index in [0.29, 0.717) is 13.0 Å². The molecule has 0 aliphatic carbocycles. The van der Waals surface area contributed by atoms with Gasteiger partial charge >= 0.3 is 0 Å². The maximum Gasteiger partial charge on any atom is 0.244 e. The summed E-state index contributed by atoms with van der Waals surface area (Å²) < 4.78 is 6.68. The SMILES string of the molecule is Cc1ccc(CC(=O)N/N=C\c2ccc(OCc3ccccc3)c(Br)c2)c(C)c1. The van der Waals surface area contributed by atoms with E-state index in [9.17, 15) is 4.79 Å². The molecule has 0 saturated carbocycles. The predicted octanol–water partition coefficient (Wildman–Crippen LogP) is 5.34. The monoisotopic (exact) mass is 450 g/mol. The molecule has 3 aromatic rings. The third-order valence-electron chi connectivity index (χ3n) is 4.45. The Labute approximate surface area is 179 Å². The first-order valence-electron chi connectivity index (χ1n) is 9.35. The number of hydrazone groups is 1. The van der Waals surface area contributed by atoms with Gasteiger partial charge in [0, 0.05) is 0 Å². The number of rotatable bonds is 7. The van der Waals surface area contributed by atoms with Gasteiger partial charge in [0.15, 0.2) is 0 Å². The lowest BCUT2D eigenvalue weighted by molar-refractivity contribution is -0.120. The fourth-order valence-corrected chi connectivity index (χ4v) is 3.40. The Morgan fingerprint density at radius 2 is 1.86 bits per heavy atom. The highest BCUT2D eigenvalue weighted by atomic mass is 79.9. The van der Waals surface area contributed by atoms with Gasteiger partial charge in [0.25, 0.3) is 0 Å². The van der Waals surface area contributed by atoms with Crippen molar-refractivity contribution in [2.75, 3.05) is 0 Å². The molecular weight excluding hydrogens is 428 g/mol. The molecule has 0 saturated heterocycles. The van der Waals surface area contributed by atoms with Crippen molar-refractivity contribution in [2.24, 2.45) is 5.10 Å². The van der Waals surface area contributed by atoms with Crippen molar-refractivity contribution >= 4 is 28.1 Å². The second kappa shape index (κ2) is 10.0. The van der Waals surface area contributed by atoms with Crippen molar-refractivity contribution in [2.45, 2.75) is 26.9 Å². The van der Waals surface area contributed by atoms with Gasteiger partial charge in [0.2, 0.25) is 5.91 Å². The molecule has 4 nitrogen and oxygen atoms in total. The summed E-state index contributed by atoms with van der Waals surface area (Å²) in [6.45, 7) is 4.55. The summed E-state index contributed by atoms with van der Waals surface area (Å²) in [5, 5.41) is 4.06. The summed E-state index contributed by atoms with van der Waals surface area (Å²) in [4.78, 5) is 12.1. The molecule has 0 atom stereocenters. The molecule has 0 fully saturated rings. The molecule has 1 N–H and O–H groups in total.